The molecule has 0 fully saturated rings. The van der Waals surface area contributed by atoms with E-state index in [1.165, 1.54) is 16.7 Å². The molecule has 0 saturated heterocycles. The van der Waals surface area contributed by atoms with Gasteiger partial charge in [-0.2, -0.15) is 0 Å². The SMILES string of the molecule is C=CCOc1ccccc1CNCc1cccc(C)c1. The Balaban J connectivity index is 1.92. The van der Waals surface area contributed by atoms with E-state index < -0.39 is 0 Å². The van der Waals surface area contributed by atoms with Crippen LogP contribution in [0.15, 0.2) is 61.2 Å². The van der Waals surface area contributed by atoms with Crippen LogP contribution in [0.4, 0.5) is 0 Å². The van der Waals surface area contributed by atoms with E-state index in [0.29, 0.717) is 6.61 Å². The van der Waals surface area contributed by atoms with Crippen molar-refractivity contribution in [2.24, 2.45) is 0 Å². The molecule has 0 spiro atoms. The molecular weight excluding hydrogens is 246 g/mol. The predicted molar refractivity (Wildman–Crippen MR) is 83.9 cm³/mol. The molecule has 104 valence electrons. The lowest BCUT2D eigenvalue weighted by Gasteiger charge is -2.11. The number of rotatable bonds is 7. The highest BCUT2D eigenvalue weighted by atomic mass is 16.5. The fraction of sp³-hybridized carbons (Fsp3) is 0.222. The summed E-state index contributed by atoms with van der Waals surface area (Å²) in [5.74, 6) is 0.921. The Hall–Kier alpha value is -2.06. The Morgan fingerprint density at radius 1 is 1.10 bits per heavy atom. The second kappa shape index (κ2) is 7.51. The maximum absolute atomic E-state index is 5.65. The van der Waals surface area contributed by atoms with Gasteiger partial charge in [0.1, 0.15) is 12.4 Å². The summed E-state index contributed by atoms with van der Waals surface area (Å²) in [5.41, 5.74) is 3.76. The highest BCUT2D eigenvalue weighted by Crippen LogP contribution is 2.17. The Labute approximate surface area is 121 Å². The van der Waals surface area contributed by atoms with Crippen LogP contribution in [-0.4, -0.2) is 6.61 Å². The lowest BCUT2D eigenvalue weighted by atomic mass is 10.1. The normalized spacial score (nSPS) is 10.2. The number of para-hydroxylation sites is 1. The number of aryl methyl sites for hydroxylation is 1. The minimum absolute atomic E-state index is 0.537. The van der Waals surface area contributed by atoms with Crippen LogP contribution < -0.4 is 10.1 Å². The molecule has 20 heavy (non-hydrogen) atoms. The van der Waals surface area contributed by atoms with Crippen molar-refractivity contribution in [2.45, 2.75) is 20.0 Å². The molecule has 0 bridgehead atoms. The van der Waals surface area contributed by atoms with Crippen LogP contribution in [0.5, 0.6) is 5.75 Å². The zero-order valence-electron chi connectivity index (χ0n) is 11.9. The summed E-state index contributed by atoms with van der Waals surface area (Å²) in [7, 11) is 0. The fourth-order valence-corrected chi connectivity index (χ4v) is 2.10. The van der Waals surface area contributed by atoms with Crippen LogP contribution in [0.1, 0.15) is 16.7 Å². The maximum atomic E-state index is 5.65. The molecular formula is C18H21NO. The molecule has 0 unspecified atom stereocenters. The van der Waals surface area contributed by atoms with Crippen LogP contribution in [0.2, 0.25) is 0 Å². The van der Waals surface area contributed by atoms with Gasteiger partial charge in [0.2, 0.25) is 0 Å². The summed E-state index contributed by atoms with van der Waals surface area (Å²) in [6.07, 6.45) is 1.76. The van der Waals surface area contributed by atoms with Gasteiger partial charge >= 0.3 is 0 Å². The molecule has 0 heterocycles. The summed E-state index contributed by atoms with van der Waals surface area (Å²) < 4.78 is 5.65. The second-order valence-corrected chi connectivity index (χ2v) is 4.80. The molecule has 0 aromatic heterocycles. The minimum atomic E-state index is 0.537. The zero-order chi connectivity index (χ0) is 14.2. The van der Waals surface area contributed by atoms with Gasteiger partial charge < -0.3 is 10.1 Å². The number of benzene rings is 2. The summed E-state index contributed by atoms with van der Waals surface area (Å²) in [4.78, 5) is 0. The van der Waals surface area contributed by atoms with Crippen LogP contribution in [0, 0.1) is 6.92 Å². The van der Waals surface area contributed by atoms with Crippen LogP contribution in [0.25, 0.3) is 0 Å². The summed E-state index contributed by atoms with van der Waals surface area (Å²) in [6.45, 7) is 7.98. The molecule has 0 aliphatic heterocycles. The molecule has 0 aliphatic rings. The first-order valence-corrected chi connectivity index (χ1v) is 6.87. The third-order valence-corrected chi connectivity index (χ3v) is 3.06. The smallest absolute Gasteiger partial charge is 0.124 e. The Morgan fingerprint density at radius 2 is 1.95 bits per heavy atom. The van der Waals surface area contributed by atoms with Crippen molar-refractivity contribution < 1.29 is 4.74 Å². The number of nitrogens with one attached hydrogen (secondary N) is 1. The first-order chi connectivity index (χ1) is 9.79. The van der Waals surface area contributed by atoms with Gasteiger partial charge in [-0.25, -0.2) is 0 Å². The topological polar surface area (TPSA) is 21.3 Å². The van der Waals surface area contributed by atoms with Gasteiger partial charge in [0.25, 0.3) is 0 Å². The van der Waals surface area contributed by atoms with Gasteiger partial charge in [0.15, 0.2) is 0 Å². The number of hydrogen-bond acceptors (Lipinski definition) is 2. The quantitative estimate of drug-likeness (QED) is 0.769. The Kier molecular flexibility index (Phi) is 5.39. The lowest BCUT2D eigenvalue weighted by molar-refractivity contribution is 0.358. The third-order valence-electron chi connectivity index (χ3n) is 3.06. The molecule has 2 nitrogen and oxygen atoms in total. The van der Waals surface area contributed by atoms with Crippen molar-refractivity contribution in [3.63, 3.8) is 0 Å². The molecule has 0 amide bonds. The van der Waals surface area contributed by atoms with Gasteiger partial charge in [0.05, 0.1) is 0 Å². The van der Waals surface area contributed by atoms with E-state index in [9.17, 15) is 0 Å². The highest BCUT2D eigenvalue weighted by molar-refractivity contribution is 5.33. The van der Waals surface area contributed by atoms with Gasteiger partial charge in [-0.15, -0.1) is 0 Å². The highest BCUT2D eigenvalue weighted by Gasteiger charge is 2.02. The van der Waals surface area contributed by atoms with Crippen LogP contribution in [0.3, 0.4) is 0 Å². The third kappa shape index (κ3) is 4.25. The summed E-state index contributed by atoms with van der Waals surface area (Å²) >= 11 is 0. The van der Waals surface area contributed by atoms with E-state index in [1.54, 1.807) is 6.08 Å². The second-order valence-electron chi connectivity index (χ2n) is 4.80. The molecule has 2 aromatic carbocycles. The first-order valence-electron chi connectivity index (χ1n) is 6.87. The number of ether oxygens (including phenoxy) is 1. The standard InChI is InChI=1S/C18H21NO/c1-3-11-20-18-10-5-4-9-17(18)14-19-13-16-8-6-7-15(2)12-16/h3-10,12,19H,1,11,13-14H2,2H3. The Morgan fingerprint density at radius 3 is 2.75 bits per heavy atom. The lowest BCUT2D eigenvalue weighted by Crippen LogP contribution is -2.13. The molecule has 0 radical (unpaired) electrons. The molecule has 0 aliphatic carbocycles. The van der Waals surface area contributed by atoms with E-state index in [0.717, 1.165) is 18.8 Å². The molecule has 1 N–H and O–H groups in total. The molecule has 2 heteroatoms. The monoisotopic (exact) mass is 267 g/mol. The van der Waals surface area contributed by atoms with Gasteiger partial charge in [-0.05, 0) is 18.6 Å². The van der Waals surface area contributed by atoms with Crippen molar-refractivity contribution in [1.82, 2.24) is 5.32 Å². The van der Waals surface area contributed by atoms with Crippen molar-refractivity contribution in [3.05, 3.63) is 77.9 Å². The van der Waals surface area contributed by atoms with Crippen LogP contribution in [-0.2, 0) is 13.1 Å². The van der Waals surface area contributed by atoms with Gasteiger partial charge in [-0.3, -0.25) is 0 Å². The molecule has 0 atom stereocenters. The fourth-order valence-electron chi connectivity index (χ4n) is 2.10. The van der Waals surface area contributed by atoms with Crippen molar-refractivity contribution in [1.29, 1.82) is 0 Å². The summed E-state index contributed by atoms with van der Waals surface area (Å²) in [6, 6.07) is 16.6. The van der Waals surface area contributed by atoms with E-state index in [2.05, 4.69) is 49.2 Å². The number of hydrogen-bond donors (Lipinski definition) is 1. The molecule has 2 aromatic rings. The average Bonchev–Trinajstić information content (AvgIpc) is 2.46. The van der Waals surface area contributed by atoms with Crippen molar-refractivity contribution in [2.75, 3.05) is 6.61 Å². The van der Waals surface area contributed by atoms with Crippen LogP contribution >= 0.6 is 0 Å². The minimum Gasteiger partial charge on any atom is -0.489 e. The van der Waals surface area contributed by atoms with E-state index in [-0.39, 0.29) is 0 Å². The van der Waals surface area contributed by atoms with E-state index >= 15 is 0 Å². The van der Waals surface area contributed by atoms with Crippen molar-refractivity contribution >= 4 is 0 Å². The van der Waals surface area contributed by atoms with Gasteiger partial charge in [-0.1, -0.05) is 60.7 Å². The summed E-state index contributed by atoms with van der Waals surface area (Å²) in [5, 5.41) is 3.46. The Bertz CT molecular complexity index is 563. The van der Waals surface area contributed by atoms with E-state index in [1.807, 2.05) is 18.2 Å². The van der Waals surface area contributed by atoms with E-state index in [4.69, 9.17) is 4.74 Å². The van der Waals surface area contributed by atoms with Crippen molar-refractivity contribution in [3.8, 4) is 5.75 Å². The maximum Gasteiger partial charge on any atom is 0.124 e. The zero-order valence-corrected chi connectivity index (χ0v) is 11.9. The molecule has 2 rings (SSSR count). The predicted octanol–water partition coefficient (Wildman–Crippen LogP) is 3.85. The largest absolute Gasteiger partial charge is 0.489 e. The molecule has 0 saturated carbocycles. The van der Waals surface area contributed by atoms with Gasteiger partial charge in [0, 0.05) is 18.7 Å². The average molecular weight is 267 g/mol. The first kappa shape index (κ1) is 14.4.